The van der Waals surface area contributed by atoms with Crippen LogP contribution in [0.3, 0.4) is 0 Å². The molecule has 0 aromatic carbocycles. The molecule has 0 saturated carbocycles. The summed E-state index contributed by atoms with van der Waals surface area (Å²) in [5, 5.41) is 0. The zero-order valence-corrected chi connectivity index (χ0v) is 31.0. The molecule has 8 nitrogen and oxygen atoms in total. The number of phosphoric acid groups is 1. The number of phosphoric ester groups is 1. The number of carbonyl (C=O) groups is 1. The van der Waals surface area contributed by atoms with Crippen LogP contribution in [-0.4, -0.2) is 64.1 Å². The molecule has 0 radical (unpaired) electrons. The molecule has 0 bridgehead atoms. The Hall–Kier alpha value is -0.920. The van der Waals surface area contributed by atoms with Gasteiger partial charge < -0.3 is 27.9 Å². The van der Waals surface area contributed by atoms with Gasteiger partial charge in [0.05, 0.1) is 34.0 Å². The second-order valence-electron chi connectivity index (χ2n) is 13.7. The van der Waals surface area contributed by atoms with E-state index in [1.54, 1.807) is 6.26 Å². The van der Waals surface area contributed by atoms with E-state index in [-0.39, 0.29) is 25.8 Å². The number of rotatable bonds is 34. The Morgan fingerprint density at radius 2 is 1.16 bits per heavy atom. The summed E-state index contributed by atoms with van der Waals surface area (Å²) in [6.07, 6.45) is 30.3. The first-order valence-electron chi connectivity index (χ1n) is 18.5. The van der Waals surface area contributed by atoms with Gasteiger partial charge in [0.25, 0.3) is 7.82 Å². The van der Waals surface area contributed by atoms with Gasteiger partial charge in [-0.1, -0.05) is 136 Å². The number of unbranched alkanes of at least 4 members (excludes halogenated alkanes) is 20. The number of likely N-dealkylation sites (N-methyl/N-ethyl adjacent to an activating group) is 1. The van der Waals surface area contributed by atoms with Gasteiger partial charge in [0.1, 0.15) is 19.8 Å². The number of hydrogen-bond donors (Lipinski definition) is 0. The van der Waals surface area contributed by atoms with Crippen molar-refractivity contribution < 1.29 is 37.3 Å². The minimum absolute atomic E-state index is 0.0195. The van der Waals surface area contributed by atoms with Crippen molar-refractivity contribution in [2.45, 2.75) is 168 Å². The molecule has 2 atom stereocenters. The van der Waals surface area contributed by atoms with Crippen molar-refractivity contribution in [3.05, 3.63) is 12.3 Å². The monoisotopic (exact) mass is 662 g/mol. The molecule has 0 N–H and O–H groups in total. The molecule has 0 aliphatic rings. The minimum atomic E-state index is -4.52. The first kappa shape index (κ1) is 44.1. The Morgan fingerprint density at radius 3 is 1.64 bits per heavy atom. The van der Waals surface area contributed by atoms with E-state index in [1.165, 1.54) is 109 Å². The molecule has 0 aliphatic carbocycles. The molecule has 0 amide bonds. The molecule has 0 fully saturated rings. The van der Waals surface area contributed by atoms with Crippen molar-refractivity contribution in [3.8, 4) is 0 Å². The molecule has 9 heteroatoms. The normalized spacial score (nSPS) is 14.1. The Balaban J connectivity index is 4.34. The molecular formula is C36H72NO7P. The van der Waals surface area contributed by atoms with Crippen molar-refractivity contribution >= 4 is 13.8 Å². The van der Waals surface area contributed by atoms with Gasteiger partial charge in [-0.2, -0.15) is 0 Å². The van der Waals surface area contributed by atoms with Crippen LogP contribution in [0.2, 0.25) is 0 Å². The summed E-state index contributed by atoms with van der Waals surface area (Å²) in [7, 11) is 1.33. The van der Waals surface area contributed by atoms with Crippen molar-refractivity contribution in [2.75, 3.05) is 47.5 Å². The predicted octanol–water partition coefficient (Wildman–Crippen LogP) is 9.65. The topological polar surface area (TPSA) is 94.1 Å². The summed E-state index contributed by atoms with van der Waals surface area (Å²) in [6, 6.07) is 0. The van der Waals surface area contributed by atoms with Crippen LogP contribution in [0.5, 0.6) is 0 Å². The van der Waals surface area contributed by atoms with Crippen LogP contribution in [0, 0.1) is 0 Å². The third-order valence-corrected chi connectivity index (χ3v) is 8.88. The van der Waals surface area contributed by atoms with E-state index in [0.717, 1.165) is 32.1 Å². The van der Waals surface area contributed by atoms with E-state index in [2.05, 4.69) is 13.8 Å². The van der Waals surface area contributed by atoms with Crippen molar-refractivity contribution in [1.29, 1.82) is 0 Å². The Labute approximate surface area is 278 Å². The molecule has 1 unspecified atom stereocenters. The average molecular weight is 662 g/mol. The van der Waals surface area contributed by atoms with Crippen LogP contribution in [0.15, 0.2) is 12.3 Å². The van der Waals surface area contributed by atoms with Gasteiger partial charge in [-0.05, 0) is 25.3 Å². The largest absolute Gasteiger partial charge is 0.756 e. The number of ether oxygens (including phenoxy) is 2. The highest BCUT2D eigenvalue weighted by Crippen LogP contribution is 2.38. The molecule has 0 spiro atoms. The number of nitrogens with zero attached hydrogens (tertiary/aromatic N) is 1. The second-order valence-corrected chi connectivity index (χ2v) is 15.1. The fourth-order valence-electron chi connectivity index (χ4n) is 4.98. The third-order valence-electron chi connectivity index (χ3n) is 7.91. The van der Waals surface area contributed by atoms with E-state index in [9.17, 15) is 14.3 Å². The standard InChI is InChI=1S/C36H72NO7P/c1-6-8-10-12-14-16-17-18-19-20-22-24-26-28-31-41-33-35(34-43-45(39,40)42-32-30-37(3,4)5)44-36(38)29-27-25-23-21-15-13-11-9-7-2/h28,31,35H,6-27,29-30,32-34H2,1-5H3/b31-28+/t35-/m1/s1. The lowest BCUT2D eigenvalue weighted by Crippen LogP contribution is -2.37. The molecule has 0 heterocycles. The lowest BCUT2D eigenvalue weighted by Gasteiger charge is -2.28. The first-order chi connectivity index (χ1) is 21.6. The highest BCUT2D eigenvalue weighted by Gasteiger charge is 2.20. The van der Waals surface area contributed by atoms with Gasteiger partial charge in [-0.25, -0.2) is 0 Å². The van der Waals surface area contributed by atoms with Crippen LogP contribution in [0.4, 0.5) is 0 Å². The number of quaternary nitrogens is 1. The Kier molecular flexibility index (Phi) is 29.8. The Morgan fingerprint density at radius 1 is 0.689 bits per heavy atom. The number of esters is 1. The first-order valence-corrected chi connectivity index (χ1v) is 19.9. The van der Waals surface area contributed by atoms with E-state index in [0.29, 0.717) is 17.4 Å². The smallest absolute Gasteiger partial charge is 0.306 e. The summed E-state index contributed by atoms with van der Waals surface area (Å²) in [4.78, 5) is 24.8. The van der Waals surface area contributed by atoms with Gasteiger partial charge in [0, 0.05) is 6.42 Å². The van der Waals surface area contributed by atoms with Crippen LogP contribution < -0.4 is 4.89 Å². The molecular weight excluding hydrogens is 589 g/mol. The summed E-state index contributed by atoms with van der Waals surface area (Å²) < 4.78 is 34.1. The van der Waals surface area contributed by atoms with Crippen LogP contribution in [0.1, 0.15) is 162 Å². The molecule has 0 saturated heterocycles. The molecule has 0 aromatic heterocycles. The number of allylic oxidation sites excluding steroid dienone is 1. The number of hydrogen-bond acceptors (Lipinski definition) is 7. The lowest BCUT2D eigenvalue weighted by molar-refractivity contribution is -0.870. The quantitative estimate of drug-likeness (QED) is 0.0223. The SMILES string of the molecule is CCCCCCCCCCCCCC/C=C/OC[C@H](COP(=O)([O-])OCC[N+](C)(C)C)OC(=O)CCCCCCCCCCC. The molecule has 0 rings (SSSR count). The van der Waals surface area contributed by atoms with Gasteiger partial charge in [-0.3, -0.25) is 9.36 Å². The number of carbonyl (C=O) groups excluding carboxylic acids is 1. The predicted molar refractivity (Wildman–Crippen MR) is 185 cm³/mol. The molecule has 45 heavy (non-hydrogen) atoms. The van der Waals surface area contributed by atoms with Gasteiger partial charge in [-0.15, -0.1) is 0 Å². The van der Waals surface area contributed by atoms with Gasteiger partial charge >= 0.3 is 5.97 Å². The van der Waals surface area contributed by atoms with Gasteiger partial charge in [0.15, 0.2) is 6.10 Å². The molecule has 0 aromatic rings. The molecule has 268 valence electrons. The average Bonchev–Trinajstić information content (AvgIpc) is 2.98. The highest BCUT2D eigenvalue weighted by atomic mass is 31.2. The van der Waals surface area contributed by atoms with Crippen LogP contribution in [0.25, 0.3) is 0 Å². The maximum absolute atomic E-state index is 12.5. The minimum Gasteiger partial charge on any atom is -0.756 e. The van der Waals surface area contributed by atoms with E-state index in [4.69, 9.17) is 18.5 Å². The fraction of sp³-hybridized carbons (Fsp3) is 0.917. The second kappa shape index (κ2) is 30.4. The summed E-state index contributed by atoms with van der Waals surface area (Å²) >= 11 is 0. The zero-order valence-electron chi connectivity index (χ0n) is 30.1. The fourth-order valence-corrected chi connectivity index (χ4v) is 5.71. The van der Waals surface area contributed by atoms with E-state index >= 15 is 0 Å². The lowest BCUT2D eigenvalue weighted by atomic mass is 10.0. The van der Waals surface area contributed by atoms with E-state index < -0.39 is 13.9 Å². The van der Waals surface area contributed by atoms with Crippen LogP contribution in [-0.2, 0) is 27.9 Å². The Bertz CT molecular complexity index is 741. The highest BCUT2D eigenvalue weighted by molar-refractivity contribution is 7.45. The third kappa shape index (κ3) is 34.2. The summed E-state index contributed by atoms with van der Waals surface area (Å²) in [5.41, 5.74) is 0. The van der Waals surface area contributed by atoms with Crippen molar-refractivity contribution in [1.82, 2.24) is 0 Å². The maximum atomic E-state index is 12.5. The van der Waals surface area contributed by atoms with Crippen molar-refractivity contribution in [2.24, 2.45) is 0 Å². The van der Waals surface area contributed by atoms with Crippen LogP contribution >= 0.6 is 7.82 Å². The van der Waals surface area contributed by atoms with E-state index in [1.807, 2.05) is 27.2 Å². The molecule has 0 aliphatic heterocycles. The summed E-state index contributed by atoms with van der Waals surface area (Å²) in [6.45, 7) is 4.71. The van der Waals surface area contributed by atoms with Gasteiger partial charge in [0.2, 0.25) is 0 Å². The van der Waals surface area contributed by atoms with Crippen molar-refractivity contribution in [3.63, 3.8) is 0 Å². The zero-order chi connectivity index (χ0) is 33.5. The summed E-state index contributed by atoms with van der Waals surface area (Å²) in [5.74, 6) is -0.359. The maximum Gasteiger partial charge on any atom is 0.306 e.